The van der Waals surface area contributed by atoms with Crippen LogP contribution in [0.4, 0.5) is 0 Å². The van der Waals surface area contributed by atoms with E-state index in [2.05, 4.69) is 0 Å². The molecule has 0 aliphatic carbocycles. The number of esters is 2. The van der Waals surface area contributed by atoms with Crippen molar-refractivity contribution in [2.75, 3.05) is 14.2 Å². The fraction of sp³-hybridized carbons (Fsp3) is 0.300. The summed E-state index contributed by atoms with van der Waals surface area (Å²) in [6, 6.07) is 14.3. The van der Waals surface area contributed by atoms with E-state index in [0.717, 1.165) is 11.1 Å². The summed E-state index contributed by atoms with van der Waals surface area (Å²) < 4.78 is 21.4. The SMILES string of the molecule is COc1ccc([C@H]2OC(=O)[C@H]3[C@@H]2C(=O)O[C@H]3c2ccc(OC)cc2)cc1. The summed E-state index contributed by atoms with van der Waals surface area (Å²) in [5.41, 5.74) is 1.50. The molecule has 6 nitrogen and oxygen atoms in total. The second-order valence-electron chi connectivity index (χ2n) is 6.31. The van der Waals surface area contributed by atoms with Crippen LogP contribution in [0.5, 0.6) is 11.5 Å². The smallest absolute Gasteiger partial charge is 0.314 e. The summed E-state index contributed by atoms with van der Waals surface area (Å²) in [6.45, 7) is 0. The lowest BCUT2D eigenvalue weighted by Gasteiger charge is -2.15. The number of carbonyl (C=O) groups is 2. The number of carbonyl (C=O) groups excluding carboxylic acids is 2. The van der Waals surface area contributed by atoms with Gasteiger partial charge >= 0.3 is 11.9 Å². The number of fused-ring (bicyclic) bond motifs is 1. The zero-order valence-corrected chi connectivity index (χ0v) is 14.4. The number of rotatable bonds is 4. The minimum atomic E-state index is -0.650. The molecule has 2 saturated heterocycles. The molecule has 2 aromatic carbocycles. The molecule has 0 aromatic heterocycles. The van der Waals surface area contributed by atoms with Gasteiger partial charge in [0.1, 0.15) is 35.5 Å². The van der Waals surface area contributed by atoms with Gasteiger partial charge in [-0.3, -0.25) is 9.59 Å². The van der Waals surface area contributed by atoms with Crippen LogP contribution in [0.2, 0.25) is 0 Å². The fourth-order valence-electron chi connectivity index (χ4n) is 3.61. The van der Waals surface area contributed by atoms with Crippen molar-refractivity contribution >= 4 is 11.9 Å². The summed E-state index contributed by atoms with van der Waals surface area (Å²) in [5, 5.41) is 0. The van der Waals surface area contributed by atoms with E-state index in [1.807, 2.05) is 0 Å². The standard InChI is InChI=1S/C20H18O6/c1-23-13-7-3-11(4-8-13)17-15-16(20(22)25-17)18(26-19(15)21)12-5-9-14(24-2)10-6-12/h3-10,15-18H,1-2H3/t15-,16-,17-,18+/m0/s1. The molecule has 0 amide bonds. The van der Waals surface area contributed by atoms with Crippen LogP contribution >= 0.6 is 0 Å². The second-order valence-corrected chi connectivity index (χ2v) is 6.31. The van der Waals surface area contributed by atoms with Crippen LogP contribution in [0.25, 0.3) is 0 Å². The largest absolute Gasteiger partial charge is 0.497 e. The van der Waals surface area contributed by atoms with Crippen LogP contribution in [0.3, 0.4) is 0 Å². The van der Waals surface area contributed by atoms with Crippen LogP contribution in [-0.4, -0.2) is 26.2 Å². The maximum absolute atomic E-state index is 12.5. The minimum absolute atomic E-state index is 0.414. The first-order valence-electron chi connectivity index (χ1n) is 8.31. The summed E-state index contributed by atoms with van der Waals surface area (Å²) in [7, 11) is 3.16. The van der Waals surface area contributed by atoms with Gasteiger partial charge < -0.3 is 18.9 Å². The molecule has 26 heavy (non-hydrogen) atoms. The lowest BCUT2D eigenvalue weighted by molar-refractivity contribution is -0.154. The van der Waals surface area contributed by atoms with E-state index in [1.165, 1.54) is 0 Å². The molecule has 2 heterocycles. The Hall–Kier alpha value is -3.02. The first-order chi connectivity index (χ1) is 12.6. The predicted octanol–water partition coefficient (Wildman–Crippen LogP) is 2.83. The second kappa shape index (κ2) is 6.37. The Morgan fingerprint density at radius 1 is 0.654 bits per heavy atom. The zero-order valence-electron chi connectivity index (χ0n) is 14.4. The highest BCUT2D eigenvalue weighted by molar-refractivity contribution is 5.89. The molecule has 4 atom stereocenters. The molecule has 6 heteroatoms. The Morgan fingerprint density at radius 3 is 1.31 bits per heavy atom. The van der Waals surface area contributed by atoms with Crippen LogP contribution in [0.15, 0.2) is 48.5 Å². The van der Waals surface area contributed by atoms with Crippen molar-refractivity contribution in [2.45, 2.75) is 12.2 Å². The molecule has 0 radical (unpaired) electrons. The molecule has 2 aliphatic heterocycles. The maximum atomic E-state index is 12.5. The van der Waals surface area contributed by atoms with Crippen molar-refractivity contribution in [1.82, 2.24) is 0 Å². The quantitative estimate of drug-likeness (QED) is 0.787. The van der Waals surface area contributed by atoms with Gasteiger partial charge in [-0.2, -0.15) is 0 Å². The first-order valence-corrected chi connectivity index (χ1v) is 8.31. The molecule has 2 fully saturated rings. The Kier molecular flexibility index (Phi) is 4.03. The normalized spacial score (nSPS) is 26.8. The van der Waals surface area contributed by atoms with Gasteiger partial charge in [-0.25, -0.2) is 0 Å². The van der Waals surface area contributed by atoms with Gasteiger partial charge in [-0.1, -0.05) is 24.3 Å². The fourth-order valence-corrected chi connectivity index (χ4v) is 3.61. The molecular weight excluding hydrogens is 336 g/mol. The molecule has 4 rings (SSSR count). The molecule has 134 valence electrons. The number of cyclic esters (lactones) is 2. The van der Waals surface area contributed by atoms with Gasteiger partial charge in [-0.05, 0) is 35.4 Å². The monoisotopic (exact) mass is 354 g/mol. The summed E-state index contributed by atoms with van der Waals surface area (Å²) in [5.74, 6) is -0.740. The molecule has 2 aliphatic rings. The number of ether oxygens (including phenoxy) is 4. The van der Waals surface area contributed by atoms with Gasteiger partial charge in [0.05, 0.1) is 14.2 Å². The van der Waals surface area contributed by atoms with Gasteiger partial charge in [-0.15, -0.1) is 0 Å². The zero-order chi connectivity index (χ0) is 18.3. The average molecular weight is 354 g/mol. The van der Waals surface area contributed by atoms with E-state index in [4.69, 9.17) is 18.9 Å². The van der Waals surface area contributed by atoms with E-state index in [9.17, 15) is 9.59 Å². The molecule has 2 aromatic rings. The van der Waals surface area contributed by atoms with Gasteiger partial charge in [0.15, 0.2) is 0 Å². The van der Waals surface area contributed by atoms with Crippen LogP contribution in [-0.2, 0) is 19.1 Å². The van der Waals surface area contributed by atoms with E-state index in [0.29, 0.717) is 11.5 Å². The van der Waals surface area contributed by atoms with E-state index in [1.54, 1.807) is 62.8 Å². The van der Waals surface area contributed by atoms with Gasteiger partial charge in [0.25, 0.3) is 0 Å². The van der Waals surface area contributed by atoms with Crippen LogP contribution in [0, 0.1) is 11.8 Å². The molecule has 0 N–H and O–H groups in total. The van der Waals surface area contributed by atoms with Crippen molar-refractivity contribution < 1.29 is 28.5 Å². The van der Waals surface area contributed by atoms with Crippen molar-refractivity contribution in [3.63, 3.8) is 0 Å². The van der Waals surface area contributed by atoms with Crippen molar-refractivity contribution in [1.29, 1.82) is 0 Å². The molecular formula is C20H18O6. The van der Waals surface area contributed by atoms with Crippen LogP contribution < -0.4 is 9.47 Å². The highest BCUT2D eigenvalue weighted by Crippen LogP contribution is 2.51. The number of hydrogen-bond acceptors (Lipinski definition) is 6. The van der Waals surface area contributed by atoms with E-state index >= 15 is 0 Å². The van der Waals surface area contributed by atoms with Crippen molar-refractivity contribution in [3.8, 4) is 11.5 Å². The highest BCUT2D eigenvalue weighted by atomic mass is 16.6. The maximum Gasteiger partial charge on any atom is 0.314 e. The Labute approximate surface area is 150 Å². The first kappa shape index (κ1) is 16.4. The molecule has 0 saturated carbocycles. The van der Waals surface area contributed by atoms with Crippen molar-refractivity contribution in [2.24, 2.45) is 11.8 Å². The predicted molar refractivity (Wildman–Crippen MR) is 90.6 cm³/mol. The summed E-state index contributed by atoms with van der Waals surface area (Å²) >= 11 is 0. The lowest BCUT2D eigenvalue weighted by atomic mass is 9.84. The van der Waals surface area contributed by atoms with Gasteiger partial charge in [0.2, 0.25) is 0 Å². The number of hydrogen-bond donors (Lipinski definition) is 0. The Bertz CT molecular complexity index is 755. The minimum Gasteiger partial charge on any atom is -0.497 e. The van der Waals surface area contributed by atoms with Gasteiger partial charge in [0, 0.05) is 0 Å². The molecule has 0 bridgehead atoms. The summed E-state index contributed by atoms with van der Waals surface area (Å²) in [6.07, 6.45) is -1.29. The summed E-state index contributed by atoms with van der Waals surface area (Å²) in [4.78, 5) is 25.0. The van der Waals surface area contributed by atoms with E-state index < -0.39 is 36.0 Å². The Balaban J connectivity index is 1.63. The lowest BCUT2D eigenvalue weighted by Crippen LogP contribution is -2.19. The number of methoxy groups -OCH3 is 2. The molecule has 0 unspecified atom stereocenters. The van der Waals surface area contributed by atoms with Crippen LogP contribution in [0.1, 0.15) is 23.3 Å². The third kappa shape index (κ3) is 2.58. The van der Waals surface area contributed by atoms with E-state index in [-0.39, 0.29) is 0 Å². The molecule has 0 spiro atoms. The topological polar surface area (TPSA) is 71.1 Å². The third-order valence-electron chi connectivity index (χ3n) is 4.96. The number of benzene rings is 2. The highest BCUT2D eigenvalue weighted by Gasteiger charge is 2.59. The third-order valence-corrected chi connectivity index (χ3v) is 4.96. The average Bonchev–Trinajstić information content (AvgIpc) is 3.21. The van der Waals surface area contributed by atoms with Crippen molar-refractivity contribution in [3.05, 3.63) is 59.7 Å². The Morgan fingerprint density at radius 2 is 1.00 bits per heavy atom.